The summed E-state index contributed by atoms with van der Waals surface area (Å²) in [5, 5.41) is 3.54. The van der Waals surface area contributed by atoms with E-state index in [2.05, 4.69) is 45.6 Å². The fraction of sp³-hybridized carbons (Fsp3) is 0.167. The third kappa shape index (κ3) is 1.25. The maximum atomic E-state index is 3.59. The normalized spacial score (nSPS) is 14.6. The van der Waals surface area contributed by atoms with Gasteiger partial charge in [-0.3, -0.25) is 0 Å². The van der Waals surface area contributed by atoms with Crippen molar-refractivity contribution in [1.82, 2.24) is 0 Å². The Hall–Kier alpha value is -0.600. The molecule has 0 spiro atoms. The summed E-state index contributed by atoms with van der Waals surface area (Å²) in [4.78, 5) is 0. The second-order valence-corrected chi connectivity index (χ2v) is 5.35. The molecule has 1 aliphatic carbocycles. The first kappa shape index (κ1) is 8.69. The summed E-state index contributed by atoms with van der Waals surface area (Å²) in [6, 6.07) is 4.67. The number of hydrogen-bond donors (Lipinski definition) is 0. The summed E-state index contributed by atoms with van der Waals surface area (Å²) in [6.07, 6.45) is 6.71. The number of halogens is 1. The number of benzene rings is 1. The lowest BCUT2D eigenvalue weighted by molar-refractivity contribution is 1.10. The molecule has 0 fully saturated rings. The minimum absolute atomic E-state index is 1.09. The topological polar surface area (TPSA) is 0 Å². The maximum absolute atomic E-state index is 3.59. The van der Waals surface area contributed by atoms with Gasteiger partial charge in [-0.1, -0.05) is 12.2 Å². The van der Waals surface area contributed by atoms with Gasteiger partial charge in [-0.25, -0.2) is 0 Å². The molecule has 0 atom stereocenters. The molecule has 1 aromatic carbocycles. The second kappa shape index (κ2) is 3.21. The van der Waals surface area contributed by atoms with E-state index in [4.69, 9.17) is 0 Å². The summed E-state index contributed by atoms with van der Waals surface area (Å²) < 4.78 is 2.63. The Morgan fingerprint density at radius 1 is 1.07 bits per heavy atom. The molecule has 70 valence electrons. The van der Waals surface area contributed by atoms with Crippen LogP contribution in [-0.4, -0.2) is 0 Å². The van der Waals surface area contributed by atoms with Crippen LogP contribution in [0, 0.1) is 0 Å². The van der Waals surface area contributed by atoms with Crippen molar-refractivity contribution in [2.75, 3.05) is 0 Å². The molecule has 14 heavy (non-hydrogen) atoms. The van der Waals surface area contributed by atoms with Gasteiger partial charge >= 0.3 is 0 Å². The fourth-order valence-corrected chi connectivity index (χ4v) is 3.53. The smallest absolute Gasteiger partial charge is 0.0361 e. The van der Waals surface area contributed by atoms with Crippen LogP contribution in [0.5, 0.6) is 0 Å². The molecule has 0 N–H and O–H groups in total. The molecule has 1 aliphatic rings. The fourth-order valence-electron chi connectivity index (χ4n) is 1.93. The highest BCUT2D eigenvalue weighted by atomic mass is 79.9. The van der Waals surface area contributed by atoms with E-state index < -0.39 is 0 Å². The molecule has 0 saturated carbocycles. The first-order valence-electron chi connectivity index (χ1n) is 4.68. The largest absolute Gasteiger partial charge is 0.143 e. The molecule has 2 aromatic rings. The van der Waals surface area contributed by atoms with Gasteiger partial charge in [-0.15, -0.1) is 11.3 Å². The molecule has 0 saturated heterocycles. The Balaban J connectivity index is 2.32. The first-order chi connectivity index (χ1) is 6.84. The first-order valence-corrected chi connectivity index (χ1v) is 6.35. The third-order valence-electron chi connectivity index (χ3n) is 2.69. The third-order valence-corrected chi connectivity index (χ3v) is 4.60. The van der Waals surface area contributed by atoms with E-state index in [0.717, 1.165) is 12.8 Å². The van der Waals surface area contributed by atoms with E-state index in [1.165, 1.54) is 25.7 Å². The monoisotopic (exact) mass is 264 g/mol. The number of fused-ring (bicyclic) bond motifs is 2. The SMILES string of the molecule is Brc1csc2cc3c(cc12)CC=CC3. The molecule has 0 amide bonds. The standard InChI is InChI=1S/C12H9BrS/c13-11-7-14-12-6-9-4-2-1-3-8(9)5-10(11)12/h1-2,5-7H,3-4H2. The molecular formula is C12H9BrS. The van der Waals surface area contributed by atoms with Crippen molar-refractivity contribution < 1.29 is 0 Å². The Bertz CT molecular complexity index is 522. The van der Waals surface area contributed by atoms with Gasteiger partial charge in [0, 0.05) is 19.9 Å². The van der Waals surface area contributed by atoms with Crippen molar-refractivity contribution in [3.8, 4) is 0 Å². The van der Waals surface area contributed by atoms with Crippen LogP contribution >= 0.6 is 27.3 Å². The Kier molecular flexibility index (Phi) is 1.99. The zero-order chi connectivity index (χ0) is 9.54. The van der Waals surface area contributed by atoms with Crippen LogP contribution in [0.4, 0.5) is 0 Å². The quantitative estimate of drug-likeness (QED) is 0.622. The van der Waals surface area contributed by atoms with E-state index >= 15 is 0 Å². The minimum atomic E-state index is 1.09. The van der Waals surface area contributed by atoms with Crippen LogP contribution in [0.15, 0.2) is 34.1 Å². The molecular weight excluding hydrogens is 256 g/mol. The van der Waals surface area contributed by atoms with Gasteiger partial charge in [0.2, 0.25) is 0 Å². The predicted molar refractivity (Wildman–Crippen MR) is 66.1 cm³/mol. The van der Waals surface area contributed by atoms with Gasteiger partial charge in [-0.2, -0.15) is 0 Å². The van der Waals surface area contributed by atoms with Gasteiger partial charge < -0.3 is 0 Å². The molecule has 1 heterocycles. The van der Waals surface area contributed by atoms with Crippen molar-refractivity contribution >= 4 is 37.4 Å². The highest BCUT2D eigenvalue weighted by Gasteiger charge is 2.09. The molecule has 1 aromatic heterocycles. The number of hydrogen-bond acceptors (Lipinski definition) is 1. The molecule has 2 heteroatoms. The average molecular weight is 265 g/mol. The van der Waals surface area contributed by atoms with Gasteiger partial charge in [0.1, 0.15) is 0 Å². The average Bonchev–Trinajstić information content (AvgIpc) is 2.57. The lowest BCUT2D eigenvalue weighted by Gasteiger charge is -2.10. The predicted octanol–water partition coefficient (Wildman–Crippen LogP) is 4.32. The number of thiophene rings is 1. The van der Waals surface area contributed by atoms with Crippen LogP contribution in [0.25, 0.3) is 10.1 Å². The zero-order valence-electron chi connectivity index (χ0n) is 7.59. The van der Waals surface area contributed by atoms with Gasteiger partial charge in [-0.05, 0) is 52.0 Å². The van der Waals surface area contributed by atoms with Gasteiger partial charge in [0.25, 0.3) is 0 Å². The minimum Gasteiger partial charge on any atom is -0.143 e. The van der Waals surface area contributed by atoms with E-state index in [-0.39, 0.29) is 0 Å². The molecule has 3 rings (SSSR count). The molecule has 0 radical (unpaired) electrons. The molecule has 0 aliphatic heterocycles. The van der Waals surface area contributed by atoms with Crippen LogP contribution in [0.3, 0.4) is 0 Å². The maximum Gasteiger partial charge on any atom is 0.0361 e. The van der Waals surface area contributed by atoms with E-state index in [1.807, 2.05) is 11.3 Å². The Morgan fingerprint density at radius 2 is 1.79 bits per heavy atom. The Labute approximate surface area is 95.4 Å². The summed E-state index contributed by atoms with van der Waals surface area (Å²) in [7, 11) is 0. The van der Waals surface area contributed by atoms with Crippen LogP contribution in [0.1, 0.15) is 11.1 Å². The highest BCUT2D eigenvalue weighted by Crippen LogP contribution is 2.33. The van der Waals surface area contributed by atoms with Gasteiger partial charge in [0.15, 0.2) is 0 Å². The summed E-state index contributed by atoms with van der Waals surface area (Å²) in [5.74, 6) is 0. The number of rotatable bonds is 0. The van der Waals surface area contributed by atoms with Gasteiger partial charge in [0.05, 0.1) is 0 Å². The lowest BCUT2D eigenvalue weighted by atomic mass is 9.96. The molecule has 0 unspecified atom stereocenters. The number of allylic oxidation sites excluding steroid dienone is 2. The molecule has 0 nitrogen and oxygen atoms in total. The highest BCUT2D eigenvalue weighted by molar-refractivity contribution is 9.10. The second-order valence-electron chi connectivity index (χ2n) is 3.58. The molecule has 0 bridgehead atoms. The van der Waals surface area contributed by atoms with E-state index in [1.54, 1.807) is 0 Å². The van der Waals surface area contributed by atoms with Crippen molar-refractivity contribution in [2.45, 2.75) is 12.8 Å². The van der Waals surface area contributed by atoms with Crippen molar-refractivity contribution in [3.05, 3.63) is 45.3 Å². The van der Waals surface area contributed by atoms with E-state index in [9.17, 15) is 0 Å². The summed E-state index contributed by atoms with van der Waals surface area (Å²) in [5.41, 5.74) is 2.98. The van der Waals surface area contributed by atoms with Crippen molar-refractivity contribution in [3.63, 3.8) is 0 Å². The van der Waals surface area contributed by atoms with Crippen molar-refractivity contribution in [1.29, 1.82) is 0 Å². The van der Waals surface area contributed by atoms with E-state index in [0.29, 0.717) is 0 Å². The van der Waals surface area contributed by atoms with Crippen LogP contribution < -0.4 is 0 Å². The van der Waals surface area contributed by atoms with Crippen molar-refractivity contribution in [2.24, 2.45) is 0 Å². The van der Waals surface area contributed by atoms with Crippen LogP contribution in [-0.2, 0) is 12.8 Å². The van der Waals surface area contributed by atoms with Crippen LogP contribution in [0.2, 0.25) is 0 Å². The Morgan fingerprint density at radius 3 is 2.57 bits per heavy atom. The summed E-state index contributed by atoms with van der Waals surface area (Å²) >= 11 is 5.40. The summed E-state index contributed by atoms with van der Waals surface area (Å²) in [6.45, 7) is 0. The lowest BCUT2D eigenvalue weighted by Crippen LogP contribution is -1.96. The zero-order valence-corrected chi connectivity index (χ0v) is 9.99.